The van der Waals surface area contributed by atoms with Crippen LogP contribution >= 0.6 is 43.2 Å². The van der Waals surface area contributed by atoms with Gasteiger partial charge in [-0.2, -0.15) is 13.2 Å². The highest BCUT2D eigenvalue weighted by molar-refractivity contribution is 9.10. The van der Waals surface area contributed by atoms with Crippen LogP contribution in [0.25, 0.3) is 0 Å². The summed E-state index contributed by atoms with van der Waals surface area (Å²) in [6.07, 6.45) is -5.53. The zero-order valence-corrected chi connectivity index (χ0v) is 13.2. The minimum atomic E-state index is -4.43. The first kappa shape index (κ1) is 15.0. The van der Waals surface area contributed by atoms with Crippen LogP contribution in [-0.4, -0.2) is 5.11 Å². The Morgan fingerprint density at radius 1 is 1.11 bits per heavy atom. The lowest BCUT2D eigenvalue weighted by atomic mass is 10.0. The van der Waals surface area contributed by atoms with Crippen molar-refractivity contribution < 1.29 is 18.3 Å². The third kappa shape index (κ3) is 3.21. The molecule has 0 fully saturated rings. The average Bonchev–Trinajstić information content (AvgIpc) is 2.73. The van der Waals surface area contributed by atoms with Crippen LogP contribution in [0.2, 0.25) is 0 Å². The molecule has 19 heavy (non-hydrogen) atoms. The Morgan fingerprint density at radius 2 is 1.79 bits per heavy atom. The molecule has 2 rings (SSSR count). The van der Waals surface area contributed by atoms with Gasteiger partial charge >= 0.3 is 6.18 Å². The summed E-state index contributed by atoms with van der Waals surface area (Å²) >= 11 is 7.71. The second-order valence-corrected chi connectivity index (χ2v) is 6.43. The van der Waals surface area contributed by atoms with E-state index in [1.54, 1.807) is 11.4 Å². The zero-order valence-electron chi connectivity index (χ0n) is 9.21. The highest BCUT2D eigenvalue weighted by atomic mass is 79.9. The van der Waals surface area contributed by atoms with E-state index in [1.807, 2.05) is 0 Å². The van der Waals surface area contributed by atoms with Crippen LogP contribution in [0.4, 0.5) is 13.2 Å². The van der Waals surface area contributed by atoms with Crippen LogP contribution in [0, 0.1) is 0 Å². The Hall–Kier alpha value is -0.370. The molecule has 1 aromatic carbocycles. The summed E-state index contributed by atoms with van der Waals surface area (Å²) in [5.74, 6) is 0. The van der Waals surface area contributed by atoms with Gasteiger partial charge in [-0.3, -0.25) is 0 Å². The molecule has 102 valence electrons. The van der Waals surface area contributed by atoms with E-state index in [0.29, 0.717) is 13.8 Å². The van der Waals surface area contributed by atoms with Crippen molar-refractivity contribution in [2.24, 2.45) is 0 Å². The monoisotopic (exact) mass is 414 g/mol. The van der Waals surface area contributed by atoms with Gasteiger partial charge in [-0.15, -0.1) is 11.3 Å². The SMILES string of the molecule is OC(c1cc(C(F)(F)F)ccc1Br)c1sccc1Br. The van der Waals surface area contributed by atoms with Gasteiger partial charge in [-0.1, -0.05) is 15.9 Å². The standard InChI is InChI=1S/C12H7Br2F3OS/c13-8-2-1-6(12(15,16)17)5-7(8)10(18)11-9(14)3-4-19-11/h1-5,10,18H. The number of aliphatic hydroxyl groups is 1. The van der Waals surface area contributed by atoms with Crippen LogP contribution in [0.5, 0.6) is 0 Å². The van der Waals surface area contributed by atoms with Gasteiger partial charge in [0.25, 0.3) is 0 Å². The minimum Gasteiger partial charge on any atom is -0.383 e. The maximum absolute atomic E-state index is 12.7. The fourth-order valence-electron chi connectivity index (χ4n) is 1.57. The maximum Gasteiger partial charge on any atom is 0.416 e. The predicted octanol–water partition coefficient (Wildman–Crippen LogP) is 5.37. The Balaban J connectivity index is 2.47. The van der Waals surface area contributed by atoms with Crippen molar-refractivity contribution in [3.63, 3.8) is 0 Å². The third-order valence-corrected chi connectivity index (χ3v) is 5.16. The van der Waals surface area contributed by atoms with Gasteiger partial charge < -0.3 is 5.11 Å². The fraction of sp³-hybridized carbons (Fsp3) is 0.167. The maximum atomic E-state index is 12.7. The summed E-state index contributed by atoms with van der Waals surface area (Å²) in [5.41, 5.74) is -0.588. The number of halogens is 5. The number of aliphatic hydroxyl groups excluding tert-OH is 1. The largest absolute Gasteiger partial charge is 0.416 e. The van der Waals surface area contributed by atoms with E-state index >= 15 is 0 Å². The lowest BCUT2D eigenvalue weighted by molar-refractivity contribution is -0.137. The van der Waals surface area contributed by atoms with Gasteiger partial charge in [0.05, 0.1) is 10.4 Å². The van der Waals surface area contributed by atoms with Crippen LogP contribution in [0.3, 0.4) is 0 Å². The lowest BCUT2D eigenvalue weighted by Gasteiger charge is -2.15. The summed E-state index contributed by atoms with van der Waals surface area (Å²) in [7, 11) is 0. The molecule has 1 aromatic heterocycles. The van der Waals surface area contributed by atoms with E-state index in [4.69, 9.17) is 0 Å². The molecule has 7 heteroatoms. The topological polar surface area (TPSA) is 20.2 Å². The summed E-state index contributed by atoms with van der Waals surface area (Å²) in [6.45, 7) is 0. The summed E-state index contributed by atoms with van der Waals surface area (Å²) in [4.78, 5) is 0.569. The van der Waals surface area contributed by atoms with Crippen molar-refractivity contribution in [2.75, 3.05) is 0 Å². The number of benzene rings is 1. The van der Waals surface area contributed by atoms with Crippen molar-refractivity contribution in [3.05, 3.63) is 54.6 Å². The van der Waals surface area contributed by atoms with Gasteiger partial charge in [-0.25, -0.2) is 0 Å². The Labute approximate surface area is 128 Å². The smallest absolute Gasteiger partial charge is 0.383 e. The molecule has 0 saturated carbocycles. The van der Waals surface area contributed by atoms with E-state index < -0.39 is 17.8 Å². The molecule has 0 spiro atoms. The predicted molar refractivity (Wildman–Crippen MR) is 75.2 cm³/mol. The molecule has 0 bridgehead atoms. The quantitative estimate of drug-likeness (QED) is 0.698. The van der Waals surface area contributed by atoms with Crippen molar-refractivity contribution in [1.29, 1.82) is 0 Å². The molecular formula is C12H7Br2F3OS. The van der Waals surface area contributed by atoms with Crippen LogP contribution in [-0.2, 0) is 6.18 Å². The second kappa shape index (κ2) is 5.55. The normalized spacial score (nSPS) is 13.6. The molecule has 1 atom stereocenters. The molecule has 1 unspecified atom stereocenters. The van der Waals surface area contributed by atoms with Gasteiger partial charge in [0.1, 0.15) is 6.10 Å². The molecule has 2 aromatic rings. The molecular weight excluding hydrogens is 409 g/mol. The number of thiophene rings is 1. The summed E-state index contributed by atoms with van der Waals surface area (Å²) < 4.78 is 39.2. The van der Waals surface area contributed by atoms with Gasteiger partial charge in [0.2, 0.25) is 0 Å². The van der Waals surface area contributed by atoms with E-state index in [-0.39, 0.29) is 5.56 Å². The minimum absolute atomic E-state index is 0.193. The summed E-state index contributed by atoms with van der Waals surface area (Å²) in [5, 5.41) is 12.0. The molecule has 1 heterocycles. The van der Waals surface area contributed by atoms with Crippen molar-refractivity contribution >= 4 is 43.2 Å². The van der Waals surface area contributed by atoms with Gasteiger partial charge in [0.15, 0.2) is 0 Å². The molecule has 0 amide bonds. The van der Waals surface area contributed by atoms with E-state index in [0.717, 1.165) is 12.1 Å². The number of hydrogen-bond donors (Lipinski definition) is 1. The van der Waals surface area contributed by atoms with E-state index in [9.17, 15) is 18.3 Å². The third-order valence-electron chi connectivity index (χ3n) is 2.51. The molecule has 0 aliphatic rings. The summed E-state index contributed by atoms with van der Waals surface area (Å²) in [6, 6.07) is 4.97. The first-order valence-corrected chi connectivity index (χ1v) is 7.55. The molecule has 1 nitrogen and oxygen atoms in total. The number of alkyl halides is 3. The molecule has 0 aliphatic carbocycles. The van der Waals surface area contributed by atoms with Crippen LogP contribution < -0.4 is 0 Å². The fourth-order valence-corrected chi connectivity index (χ4v) is 3.63. The van der Waals surface area contributed by atoms with Crippen LogP contribution in [0.15, 0.2) is 38.6 Å². The zero-order chi connectivity index (χ0) is 14.2. The van der Waals surface area contributed by atoms with E-state index in [2.05, 4.69) is 31.9 Å². The second-order valence-electron chi connectivity index (χ2n) is 3.77. The average molecular weight is 416 g/mol. The van der Waals surface area contributed by atoms with Crippen molar-refractivity contribution in [3.8, 4) is 0 Å². The lowest BCUT2D eigenvalue weighted by Crippen LogP contribution is -2.07. The van der Waals surface area contributed by atoms with Crippen molar-refractivity contribution in [2.45, 2.75) is 12.3 Å². The molecule has 0 saturated heterocycles. The first-order valence-electron chi connectivity index (χ1n) is 5.08. The van der Waals surface area contributed by atoms with Gasteiger partial charge in [-0.05, 0) is 45.6 Å². The highest BCUT2D eigenvalue weighted by Gasteiger charge is 2.32. The van der Waals surface area contributed by atoms with Crippen LogP contribution in [0.1, 0.15) is 22.1 Å². The van der Waals surface area contributed by atoms with Crippen molar-refractivity contribution in [1.82, 2.24) is 0 Å². The molecule has 0 radical (unpaired) electrons. The Kier molecular flexibility index (Phi) is 4.39. The Morgan fingerprint density at radius 3 is 2.32 bits per heavy atom. The number of hydrogen-bond acceptors (Lipinski definition) is 2. The van der Waals surface area contributed by atoms with E-state index in [1.165, 1.54) is 17.4 Å². The molecule has 0 aliphatic heterocycles. The number of rotatable bonds is 2. The first-order chi connectivity index (χ1) is 8.80. The van der Waals surface area contributed by atoms with Gasteiger partial charge in [0, 0.05) is 14.5 Å². The Bertz CT molecular complexity index is 595. The molecule has 1 N–H and O–H groups in total. The highest BCUT2D eigenvalue weighted by Crippen LogP contribution is 2.39.